The molecule has 0 atom stereocenters. The van der Waals surface area contributed by atoms with Gasteiger partial charge in [-0.05, 0) is 24.3 Å². The molecule has 5 nitrogen and oxygen atoms in total. The van der Waals surface area contributed by atoms with Gasteiger partial charge in [-0.2, -0.15) is 5.26 Å². The minimum Gasteiger partial charge on any atom is -0.506 e. The van der Waals surface area contributed by atoms with Gasteiger partial charge in [-0.3, -0.25) is 4.79 Å². The van der Waals surface area contributed by atoms with Crippen molar-refractivity contribution in [2.45, 2.75) is 0 Å². The van der Waals surface area contributed by atoms with Gasteiger partial charge in [0.1, 0.15) is 17.4 Å². The number of nitrogens with one attached hydrogen (secondary N) is 1. The summed E-state index contributed by atoms with van der Waals surface area (Å²) in [5, 5.41) is 20.6. The number of benzene rings is 2. The monoisotopic (exact) mass is 323 g/mol. The van der Waals surface area contributed by atoms with Crippen molar-refractivity contribution in [3.05, 3.63) is 75.3 Å². The molecule has 0 amide bonds. The summed E-state index contributed by atoms with van der Waals surface area (Å²) in [7, 11) is 0. The summed E-state index contributed by atoms with van der Waals surface area (Å²) in [5.74, 6) is -0.290. The zero-order valence-corrected chi connectivity index (χ0v) is 12.5. The lowest BCUT2D eigenvalue weighted by Gasteiger charge is -2.06. The minimum atomic E-state index is -0.378. The van der Waals surface area contributed by atoms with Crippen LogP contribution in [0, 0.1) is 11.3 Å². The lowest BCUT2D eigenvalue weighted by Crippen LogP contribution is -2.11. The fourth-order valence-corrected chi connectivity index (χ4v) is 2.39. The number of hydrogen-bond acceptors (Lipinski definition) is 4. The SMILES string of the molecule is N#C/C(=C(\O)c1cccc(Cl)c1)c1nc2ccccc2c(=O)[nH]1. The van der Waals surface area contributed by atoms with Crippen LogP contribution in [0.5, 0.6) is 0 Å². The van der Waals surface area contributed by atoms with Gasteiger partial charge in [0.25, 0.3) is 5.56 Å². The van der Waals surface area contributed by atoms with E-state index in [1.165, 1.54) is 6.07 Å². The molecule has 1 heterocycles. The summed E-state index contributed by atoms with van der Waals surface area (Å²) in [4.78, 5) is 18.9. The van der Waals surface area contributed by atoms with Crippen LogP contribution in [-0.4, -0.2) is 15.1 Å². The highest BCUT2D eigenvalue weighted by atomic mass is 35.5. The number of rotatable bonds is 2. The number of allylic oxidation sites excluding steroid dienone is 1. The number of nitriles is 1. The van der Waals surface area contributed by atoms with Crippen molar-refractivity contribution in [2.75, 3.05) is 0 Å². The molecule has 0 aliphatic rings. The molecule has 3 aromatic rings. The van der Waals surface area contributed by atoms with Gasteiger partial charge in [-0.1, -0.05) is 35.9 Å². The smallest absolute Gasteiger partial charge is 0.259 e. The number of para-hydroxylation sites is 1. The van der Waals surface area contributed by atoms with Crippen molar-refractivity contribution >= 4 is 33.8 Å². The van der Waals surface area contributed by atoms with Gasteiger partial charge in [0.15, 0.2) is 5.82 Å². The van der Waals surface area contributed by atoms with Crippen molar-refractivity contribution in [2.24, 2.45) is 0 Å². The van der Waals surface area contributed by atoms with E-state index in [1.807, 2.05) is 6.07 Å². The van der Waals surface area contributed by atoms with E-state index in [4.69, 9.17) is 11.6 Å². The van der Waals surface area contributed by atoms with Gasteiger partial charge in [0.2, 0.25) is 0 Å². The predicted octanol–water partition coefficient (Wildman–Crippen LogP) is 3.53. The van der Waals surface area contributed by atoms with Crippen LogP contribution in [0.2, 0.25) is 5.02 Å². The molecular formula is C17H10ClN3O2. The van der Waals surface area contributed by atoms with Crippen LogP contribution in [0.3, 0.4) is 0 Å². The van der Waals surface area contributed by atoms with E-state index in [1.54, 1.807) is 42.5 Å². The summed E-state index contributed by atoms with van der Waals surface area (Å²) in [6.45, 7) is 0. The van der Waals surface area contributed by atoms with E-state index < -0.39 is 0 Å². The maximum Gasteiger partial charge on any atom is 0.259 e. The maximum absolute atomic E-state index is 12.1. The lowest BCUT2D eigenvalue weighted by atomic mass is 10.1. The largest absolute Gasteiger partial charge is 0.506 e. The van der Waals surface area contributed by atoms with Crippen molar-refractivity contribution < 1.29 is 5.11 Å². The second-order valence-electron chi connectivity index (χ2n) is 4.78. The van der Waals surface area contributed by atoms with Crippen LogP contribution >= 0.6 is 11.6 Å². The maximum atomic E-state index is 12.1. The Kier molecular flexibility index (Phi) is 3.83. The molecule has 0 aliphatic carbocycles. The first-order valence-corrected chi connectivity index (χ1v) is 7.06. The summed E-state index contributed by atoms with van der Waals surface area (Å²) >= 11 is 5.90. The topological polar surface area (TPSA) is 89.8 Å². The molecule has 2 N–H and O–H groups in total. The Morgan fingerprint density at radius 2 is 2.00 bits per heavy atom. The summed E-state index contributed by atoms with van der Waals surface area (Å²) in [6, 6.07) is 15.1. The second-order valence-corrected chi connectivity index (χ2v) is 5.21. The van der Waals surface area contributed by atoms with Gasteiger partial charge in [-0.25, -0.2) is 4.98 Å². The first kappa shape index (κ1) is 14.8. The molecule has 0 saturated heterocycles. The van der Waals surface area contributed by atoms with Crippen LogP contribution in [0.25, 0.3) is 22.2 Å². The Hall–Kier alpha value is -3.10. The van der Waals surface area contributed by atoms with Gasteiger partial charge in [0.05, 0.1) is 10.9 Å². The van der Waals surface area contributed by atoms with Crippen LogP contribution in [-0.2, 0) is 0 Å². The standard InChI is InChI=1S/C17H10ClN3O2/c18-11-5-3-4-10(8-11)15(22)13(9-19)16-20-14-7-2-1-6-12(14)17(23)21-16/h1-8,22H,(H,20,21,23)/b15-13+. The highest BCUT2D eigenvalue weighted by molar-refractivity contribution is 6.30. The third-order valence-corrected chi connectivity index (χ3v) is 3.53. The van der Waals surface area contributed by atoms with Gasteiger partial charge in [0, 0.05) is 10.6 Å². The van der Waals surface area contributed by atoms with Crippen molar-refractivity contribution in [3.63, 3.8) is 0 Å². The normalized spacial score (nSPS) is 11.8. The Morgan fingerprint density at radius 3 is 2.74 bits per heavy atom. The molecule has 0 unspecified atom stereocenters. The Bertz CT molecular complexity index is 1030. The van der Waals surface area contributed by atoms with Crippen LogP contribution in [0.15, 0.2) is 53.3 Å². The molecule has 0 saturated carbocycles. The molecule has 23 heavy (non-hydrogen) atoms. The third-order valence-electron chi connectivity index (χ3n) is 3.30. The number of aromatic nitrogens is 2. The Morgan fingerprint density at radius 1 is 1.22 bits per heavy atom. The van der Waals surface area contributed by atoms with E-state index >= 15 is 0 Å². The first-order chi connectivity index (χ1) is 11.1. The second kappa shape index (κ2) is 5.95. The summed E-state index contributed by atoms with van der Waals surface area (Å²) < 4.78 is 0. The molecule has 3 rings (SSSR count). The van der Waals surface area contributed by atoms with Crippen LogP contribution < -0.4 is 5.56 Å². The molecule has 2 aromatic carbocycles. The fourth-order valence-electron chi connectivity index (χ4n) is 2.20. The molecule has 0 aliphatic heterocycles. The number of nitrogens with zero attached hydrogens (tertiary/aromatic N) is 2. The van der Waals surface area contributed by atoms with Crippen LogP contribution in [0.1, 0.15) is 11.4 Å². The minimum absolute atomic E-state index is 0.00803. The molecule has 0 bridgehead atoms. The molecule has 0 radical (unpaired) electrons. The van der Waals surface area contributed by atoms with Crippen LogP contribution in [0.4, 0.5) is 0 Å². The number of aliphatic hydroxyl groups is 1. The van der Waals surface area contributed by atoms with Gasteiger partial charge in [-0.15, -0.1) is 0 Å². The first-order valence-electron chi connectivity index (χ1n) is 6.69. The van der Waals surface area contributed by atoms with E-state index in [2.05, 4.69) is 9.97 Å². The molecular weight excluding hydrogens is 314 g/mol. The molecule has 6 heteroatoms. The Labute approximate surface area is 136 Å². The number of fused-ring (bicyclic) bond motifs is 1. The zero-order valence-electron chi connectivity index (χ0n) is 11.7. The number of aromatic amines is 1. The third kappa shape index (κ3) is 2.80. The molecule has 0 fully saturated rings. The summed E-state index contributed by atoms with van der Waals surface area (Å²) in [6.07, 6.45) is 0. The van der Waals surface area contributed by atoms with Gasteiger partial charge < -0.3 is 10.1 Å². The number of aliphatic hydroxyl groups excluding tert-OH is 1. The van der Waals surface area contributed by atoms with E-state index in [9.17, 15) is 15.2 Å². The van der Waals surface area contributed by atoms with Crippen molar-refractivity contribution in [3.8, 4) is 6.07 Å². The van der Waals surface area contributed by atoms with Crippen molar-refractivity contribution in [1.29, 1.82) is 5.26 Å². The highest BCUT2D eigenvalue weighted by Gasteiger charge is 2.14. The number of halogens is 1. The predicted molar refractivity (Wildman–Crippen MR) is 88.9 cm³/mol. The fraction of sp³-hybridized carbons (Fsp3) is 0. The van der Waals surface area contributed by atoms with Crippen molar-refractivity contribution in [1.82, 2.24) is 9.97 Å². The Balaban J connectivity index is 2.24. The zero-order chi connectivity index (χ0) is 16.4. The average Bonchev–Trinajstić information content (AvgIpc) is 2.55. The molecule has 0 spiro atoms. The average molecular weight is 324 g/mol. The van der Waals surface area contributed by atoms with E-state index in [0.717, 1.165) is 0 Å². The van der Waals surface area contributed by atoms with E-state index in [-0.39, 0.29) is 22.7 Å². The van der Waals surface area contributed by atoms with E-state index in [0.29, 0.717) is 21.5 Å². The molecule has 1 aromatic heterocycles. The number of hydrogen-bond donors (Lipinski definition) is 2. The van der Waals surface area contributed by atoms with Gasteiger partial charge >= 0.3 is 0 Å². The quantitative estimate of drug-likeness (QED) is 0.557. The molecule has 112 valence electrons. The summed E-state index contributed by atoms with van der Waals surface area (Å²) in [5.41, 5.74) is 0.301. The number of H-pyrrole nitrogens is 1. The highest BCUT2D eigenvalue weighted by Crippen LogP contribution is 2.24. The lowest BCUT2D eigenvalue weighted by molar-refractivity contribution is 0.514.